The molecule has 0 aliphatic carbocycles. The Morgan fingerprint density at radius 1 is 0.800 bits per heavy atom. The van der Waals surface area contributed by atoms with Crippen LogP contribution in [0.25, 0.3) is 22.4 Å². The molecule has 5 heteroatoms. The molecule has 4 aromatic rings. The Hall–Kier alpha value is -2.49. The molecular formula is C20H14Cl2N2O. The lowest BCUT2D eigenvalue weighted by molar-refractivity contribution is 0.110. The maximum atomic E-state index is 6.26. The number of rotatable bonds is 4. The van der Waals surface area contributed by atoms with E-state index in [1.807, 2.05) is 60.7 Å². The summed E-state index contributed by atoms with van der Waals surface area (Å²) in [4.78, 5) is 10.8. The van der Waals surface area contributed by atoms with Gasteiger partial charge in [-0.05, 0) is 24.3 Å². The normalized spacial score (nSPS) is 11.0. The van der Waals surface area contributed by atoms with Gasteiger partial charge >= 0.3 is 0 Å². The molecule has 0 radical (unpaired) electrons. The zero-order chi connectivity index (χ0) is 17.2. The van der Waals surface area contributed by atoms with Gasteiger partial charge in [-0.25, -0.2) is 4.98 Å². The molecule has 0 atom stereocenters. The van der Waals surface area contributed by atoms with E-state index in [4.69, 9.17) is 33.0 Å². The number of para-hydroxylation sites is 2. The highest BCUT2D eigenvalue weighted by molar-refractivity contribution is 6.35. The average molecular weight is 369 g/mol. The molecule has 4 rings (SSSR count). The van der Waals surface area contributed by atoms with E-state index in [2.05, 4.69) is 0 Å². The third-order valence-electron chi connectivity index (χ3n) is 3.95. The van der Waals surface area contributed by atoms with E-state index in [-0.39, 0.29) is 6.61 Å². The lowest BCUT2D eigenvalue weighted by atomic mass is 10.2. The summed E-state index contributed by atoms with van der Waals surface area (Å²) in [6, 6.07) is 23.2. The molecule has 124 valence electrons. The molecule has 1 aromatic heterocycles. The predicted octanol–water partition coefficient (Wildman–Crippen LogP) is 5.64. The largest absolute Gasteiger partial charge is 0.407 e. The zero-order valence-electron chi connectivity index (χ0n) is 13.2. The van der Waals surface area contributed by atoms with Crippen molar-refractivity contribution in [3.8, 4) is 11.4 Å². The molecule has 1 heterocycles. The molecule has 0 aliphatic rings. The van der Waals surface area contributed by atoms with Gasteiger partial charge in [-0.3, -0.25) is 0 Å². The summed E-state index contributed by atoms with van der Waals surface area (Å²) in [5.74, 6) is 0.741. The van der Waals surface area contributed by atoms with Gasteiger partial charge in [0, 0.05) is 21.2 Å². The number of nitrogens with zero attached hydrogens (tertiary/aromatic N) is 2. The molecule has 0 saturated carbocycles. The minimum absolute atomic E-state index is 0.249. The van der Waals surface area contributed by atoms with Crippen LogP contribution < -0.4 is 4.84 Å². The summed E-state index contributed by atoms with van der Waals surface area (Å²) in [6.45, 7) is 0.249. The third-order valence-corrected chi connectivity index (χ3v) is 4.66. The zero-order valence-corrected chi connectivity index (χ0v) is 14.7. The molecule has 0 unspecified atom stereocenters. The van der Waals surface area contributed by atoms with Gasteiger partial charge in [0.2, 0.25) is 0 Å². The molecule has 0 fully saturated rings. The van der Waals surface area contributed by atoms with Crippen molar-refractivity contribution in [1.82, 2.24) is 9.71 Å². The van der Waals surface area contributed by atoms with E-state index in [1.54, 1.807) is 16.9 Å². The first kappa shape index (κ1) is 16.0. The van der Waals surface area contributed by atoms with E-state index >= 15 is 0 Å². The second kappa shape index (κ2) is 6.79. The van der Waals surface area contributed by atoms with E-state index in [1.165, 1.54) is 0 Å². The summed E-state index contributed by atoms with van der Waals surface area (Å²) < 4.78 is 1.74. The quantitative estimate of drug-likeness (QED) is 0.466. The molecule has 0 saturated heterocycles. The van der Waals surface area contributed by atoms with Crippen molar-refractivity contribution in [3.63, 3.8) is 0 Å². The summed E-state index contributed by atoms with van der Waals surface area (Å²) in [5.41, 5.74) is 3.49. The maximum absolute atomic E-state index is 6.26. The number of benzene rings is 3. The first-order chi connectivity index (χ1) is 12.2. The van der Waals surface area contributed by atoms with Crippen LogP contribution in [0.2, 0.25) is 10.0 Å². The van der Waals surface area contributed by atoms with Gasteiger partial charge in [0.15, 0.2) is 5.82 Å². The van der Waals surface area contributed by atoms with E-state index in [0.717, 1.165) is 28.0 Å². The van der Waals surface area contributed by atoms with Crippen molar-refractivity contribution in [2.45, 2.75) is 6.61 Å². The second-order valence-corrected chi connectivity index (χ2v) is 6.37. The van der Waals surface area contributed by atoms with Crippen LogP contribution in [0.4, 0.5) is 0 Å². The number of aromatic nitrogens is 2. The fourth-order valence-corrected chi connectivity index (χ4v) is 3.21. The van der Waals surface area contributed by atoms with Crippen molar-refractivity contribution in [2.75, 3.05) is 0 Å². The van der Waals surface area contributed by atoms with E-state index in [9.17, 15) is 0 Å². The molecule has 3 aromatic carbocycles. The third kappa shape index (κ3) is 3.09. The minimum atomic E-state index is 0.249. The lowest BCUT2D eigenvalue weighted by Crippen LogP contribution is -2.13. The molecular weight excluding hydrogens is 355 g/mol. The van der Waals surface area contributed by atoms with Gasteiger partial charge in [-0.2, -0.15) is 4.73 Å². The van der Waals surface area contributed by atoms with Crippen molar-refractivity contribution >= 4 is 34.2 Å². The second-order valence-electron chi connectivity index (χ2n) is 5.56. The Kier molecular flexibility index (Phi) is 4.35. The van der Waals surface area contributed by atoms with Gasteiger partial charge in [-0.15, -0.1) is 0 Å². The predicted molar refractivity (Wildman–Crippen MR) is 102 cm³/mol. The number of hydrogen-bond donors (Lipinski definition) is 0. The number of imidazole rings is 1. The molecule has 0 bridgehead atoms. The first-order valence-corrected chi connectivity index (χ1v) is 8.59. The number of fused-ring (bicyclic) bond motifs is 1. The minimum Gasteiger partial charge on any atom is -0.407 e. The summed E-state index contributed by atoms with van der Waals surface area (Å²) in [5, 5.41) is 1.16. The smallest absolute Gasteiger partial charge is 0.176 e. The van der Waals surface area contributed by atoms with E-state index < -0.39 is 0 Å². The van der Waals surface area contributed by atoms with Crippen LogP contribution >= 0.6 is 23.2 Å². The Morgan fingerprint density at radius 3 is 2.24 bits per heavy atom. The highest BCUT2D eigenvalue weighted by atomic mass is 35.5. The van der Waals surface area contributed by atoms with Crippen LogP contribution in [0.5, 0.6) is 0 Å². The molecule has 0 spiro atoms. The Bertz CT molecular complexity index is 1010. The SMILES string of the molecule is Clc1cccc(Cl)c1COn1c(-c2ccccc2)nc2ccccc21. The van der Waals surface area contributed by atoms with Crippen LogP contribution in [0.3, 0.4) is 0 Å². The summed E-state index contributed by atoms with van der Waals surface area (Å²) in [6.07, 6.45) is 0. The monoisotopic (exact) mass is 368 g/mol. The Morgan fingerprint density at radius 2 is 1.48 bits per heavy atom. The van der Waals surface area contributed by atoms with Crippen molar-refractivity contribution in [2.24, 2.45) is 0 Å². The fourth-order valence-electron chi connectivity index (χ4n) is 2.70. The highest BCUT2D eigenvalue weighted by Gasteiger charge is 2.14. The van der Waals surface area contributed by atoms with Crippen LogP contribution in [0, 0.1) is 0 Å². The topological polar surface area (TPSA) is 27.1 Å². The average Bonchev–Trinajstić information content (AvgIpc) is 3.01. The number of hydrogen-bond acceptors (Lipinski definition) is 2. The molecule has 0 amide bonds. The van der Waals surface area contributed by atoms with Gasteiger partial charge < -0.3 is 4.84 Å². The lowest BCUT2D eigenvalue weighted by Gasteiger charge is -2.13. The van der Waals surface area contributed by atoms with Crippen LogP contribution in [-0.2, 0) is 6.61 Å². The summed E-state index contributed by atoms with van der Waals surface area (Å²) >= 11 is 12.5. The van der Waals surface area contributed by atoms with Gasteiger partial charge in [0.1, 0.15) is 12.1 Å². The maximum Gasteiger partial charge on any atom is 0.176 e. The summed E-state index contributed by atoms with van der Waals surface area (Å²) in [7, 11) is 0. The molecule has 0 aliphatic heterocycles. The molecule has 25 heavy (non-hydrogen) atoms. The standard InChI is InChI=1S/C20H14Cl2N2O/c21-16-9-6-10-17(22)15(16)13-25-24-19-12-5-4-11-18(19)23-20(24)14-7-2-1-3-8-14/h1-12H,13H2. The van der Waals surface area contributed by atoms with Crippen LogP contribution in [-0.4, -0.2) is 9.71 Å². The molecule has 3 nitrogen and oxygen atoms in total. The number of halogens is 2. The highest BCUT2D eigenvalue weighted by Crippen LogP contribution is 2.27. The molecule has 0 N–H and O–H groups in total. The Labute approximate surface area is 155 Å². The van der Waals surface area contributed by atoms with Gasteiger partial charge in [0.05, 0.1) is 5.52 Å². The van der Waals surface area contributed by atoms with Gasteiger partial charge in [0.25, 0.3) is 0 Å². The van der Waals surface area contributed by atoms with Crippen molar-refractivity contribution in [1.29, 1.82) is 0 Å². The van der Waals surface area contributed by atoms with Gasteiger partial charge in [-0.1, -0.05) is 71.7 Å². The van der Waals surface area contributed by atoms with Crippen molar-refractivity contribution < 1.29 is 4.84 Å². The Balaban J connectivity index is 1.78. The fraction of sp³-hybridized carbons (Fsp3) is 0.0500. The van der Waals surface area contributed by atoms with E-state index in [0.29, 0.717) is 10.0 Å². The van der Waals surface area contributed by atoms with Crippen molar-refractivity contribution in [3.05, 3.63) is 88.4 Å². The van der Waals surface area contributed by atoms with Crippen LogP contribution in [0.15, 0.2) is 72.8 Å². The van der Waals surface area contributed by atoms with Crippen LogP contribution in [0.1, 0.15) is 5.56 Å². The first-order valence-electron chi connectivity index (χ1n) is 7.83.